The number of aliphatic hydroxyl groups is 3. The summed E-state index contributed by atoms with van der Waals surface area (Å²) < 4.78 is 3.33. The first-order chi connectivity index (χ1) is 9.00. The molecule has 0 radical (unpaired) electrons. The van der Waals surface area contributed by atoms with Crippen molar-refractivity contribution in [1.29, 1.82) is 0 Å². The zero-order chi connectivity index (χ0) is 14.7. The Hall–Kier alpha value is -1.22. The molecule has 108 valence electrons. The monoisotopic (exact) mass is 337 g/mol. The van der Waals surface area contributed by atoms with Gasteiger partial charge in [0.25, 0.3) is 0 Å². The van der Waals surface area contributed by atoms with E-state index in [9.17, 15) is 10.1 Å². The average Bonchev–Trinajstić information content (AvgIpc) is 2.45. The summed E-state index contributed by atoms with van der Waals surface area (Å²) in [4.78, 5) is 9.14. The molecule has 0 fully saturated rings. The molecule has 8 heteroatoms. The Morgan fingerprint density at radius 3 is 2.05 bits per heavy atom. The first-order valence-electron chi connectivity index (χ1n) is 5.34. The molecule has 0 saturated carbocycles. The van der Waals surface area contributed by atoms with Crippen LogP contribution in [0.25, 0.3) is 0 Å². The molecule has 0 aliphatic heterocycles. The molecule has 0 unspecified atom stereocenters. The van der Waals surface area contributed by atoms with E-state index in [-0.39, 0.29) is 6.61 Å². The maximum atomic E-state index is 9.92. The van der Waals surface area contributed by atoms with E-state index in [4.69, 9.17) is 20.1 Å². The lowest BCUT2D eigenvalue weighted by molar-refractivity contribution is -0.542. The van der Waals surface area contributed by atoms with Gasteiger partial charge in [-0.25, -0.2) is 0 Å². The molecule has 0 heterocycles. The van der Waals surface area contributed by atoms with E-state index in [1.807, 2.05) is 30.3 Å². The van der Waals surface area contributed by atoms with E-state index < -0.39 is 22.6 Å². The third kappa shape index (κ3) is 7.06. The van der Waals surface area contributed by atoms with Crippen LogP contribution in [0.2, 0.25) is 0 Å². The van der Waals surface area contributed by atoms with Crippen LogP contribution in [-0.4, -0.2) is 51.1 Å². The largest absolute Gasteiger partial charge is 0.491 e. The van der Waals surface area contributed by atoms with E-state index in [0.29, 0.717) is 6.61 Å². The molecule has 19 heavy (non-hydrogen) atoms. The van der Waals surface area contributed by atoms with E-state index in [0.717, 1.165) is 5.75 Å². The van der Waals surface area contributed by atoms with Gasteiger partial charge in [0.05, 0.1) is 6.61 Å². The van der Waals surface area contributed by atoms with Gasteiger partial charge in [-0.2, -0.15) is 0 Å². The third-order valence-corrected chi connectivity index (χ3v) is 2.71. The van der Waals surface area contributed by atoms with Crippen LogP contribution in [0.4, 0.5) is 0 Å². The number of alkyl halides is 1. The lowest BCUT2D eigenvalue weighted by Gasteiger charge is -2.11. The van der Waals surface area contributed by atoms with Gasteiger partial charge in [0.2, 0.25) is 0 Å². The van der Waals surface area contributed by atoms with Gasteiger partial charge in [0.1, 0.15) is 25.6 Å². The number of nitro groups is 1. The Morgan fingerprint density at radius 1 is 1.21 bits per heavy atom. The Kier molecular flexibility index (Phi) is 9.06. The molecule has 1 aromatic carbocycles. The standard InChI is InChI=1S/C8H10O2.C3H6BrNO4/c9-6-7-10-8-4-2-1-3-5-8;4-3(1-6,2-7)5(8)9/h1-5,9H,6-7H2;6-7H,1-2H2. The van der Waals surface area contributed by atoms with Crippen LogP contribution in [0.3, 0.4) is 0 Å². The first kappa shape index (κ1) is 17.8. The molecule has 0 bridgehead atoms. The minimum atomic E-state index is -1.77. The van der Waals surface area contributed by atoms with Crippen LogP contribution in [0.15, 0.2) is 30.3 Å². The molecule has 0 aliphatic rings. The second kappa shape index (κ2) is 9.68. The number of benzene rings is 1. The van der Waals surface area contributed by atoms with Gasteiger partial charge in [-0.15, -0.1) is 0 Å². The Morgan fingerprint density at radius 2 is 1.74 bits per heavy atom. The molecule has 0 spiro atoms. The lowest BCUT2D eigenvalue weighted by Crippen LogP contribution is -2.39. The van der Waals surface area contributed by atoms with Crippen molar-refractivity contribution in [2.45, 2.75) is 4.45 Å². The minimum absolute atomic E-state index is 0.0644. The SMILES string of the molecule is O=[N+]([O-])C(Br)(CO)CO.OCCOc1ccccc1. The molecule has 1 rings (SSSR count). The number of hydrogen-bond acceptors (Lipinski definition) is 6. The second-order valence-corrected chi connectivity index (χ2v) is 4.85. The number of nitrogens with zero attached hydrogens (tertiary/aromatic N) is 1. The summed E-state index contributed by atoms with van der Waals surface area (Å²) >= 11 is 2.55. The highest BCUT2D eigenvalue weighted by Gasteiger charge is 2.38. The Balaban J connectivity index is 0.000000344. The summed E-state index contributed by atoms with van der Waals surface area (Å²) in [5, 5.41) is 34.9. The number of rotatable bonds is 6. The van der Waals surface area contributed by atoms with E-state index in [1.54, 1.807) is 0 Å². The maximum Gasteiger partial charge on any atom is 0.319 e. The number of halogens is 1. The van der Waals surface area contributed by atoms with Gasteiger partial charge < -0.3 is 20.1 Å². The lowest BCUT2D eigenvalue weighted by atomic mass is 10.3. The maximum absolute atomic E-state index is 9.92. The van der Waals surface area contributed by atoms with E-state index in [2.05, 4.69) is 15.9 Å². The van der Waals surface area contributed by atoms with Gasteiger partial charge in [0.15, 0.2) is 0 Å². The normalized spacial score (nSPS) is 10.3. The first-order valence-corrected chi connectivity index (χ1v) is 6.13. The van der Waals surface area contributed by atoms with Crippen LogP contribution < -0.4 is 4.74 Å². The van der Waals surface area contributed by atoms with E-state index >= 15 is 0 Å². The summed E-state index contributed by atoms with van der Waals surface area (Å²) in [5.74, 6) is 0.802. The van der Waals surface area contributed by atoms with Gasteiger partial charge in [-0.3, -0.25) is 10.1 Å². The molecule has 0 amide bonds. The summed E-state index contributed by atoms with van der Waals surface area (Å²) in [6.07, 6.45) is 0. The van der Waals surface area contributed by atoms with Crippen molar-refractivity contribution in [3.8, 4) is 5.75 Å². The van der Waals surface area contributed by atoms with Crippen LogP contribution in [0.5, 0.6) is 5.75 Å². The number of aliphatic hydroxyl groups excluding tert-OH is 3. The second-order valence-electron chi connectivity index (χ2n) is 3.38. The van der Waals surface area contributed by atoms with Crippen molar-refractivity contribution < 1.29 is 25.0 Å². The van der Waals surface area contributed by atoms with Crippen LogP contribution in [0, 0.1) is 10.1 Å². The molecular weight excluding hydrogens is 322 g/mol. The fourth-order valence-corrected chi connectivity index (χ4v) is 0.846. The third-order valence-electron chi connectivity index (χ3n) is 1.91. The molecular formula is C11H16BrNO6. The summed E-state index contributed by atoms with van der Waals surface area (Å²) in [6.45, 7) is -1.02. The molecule has 1 aromatic rings. The highest BCUT2D eigenvalue weighted by molar-refractivity contribution is 9.10. The topological polar surface area (TPSA) is 113 Å². The number of para-hydroxylation sites is 1. The molecule has 3 N–H and O–H groups in total. The quantitative estimate of drug-likeness (QED) is 0.299. The summed E-state index contributed by atoms with van der Waals surface area (Å²) in [6, 6.07) is 9.43. The number of hydrogen-bond donors (Lipinski definition) is 3. The van der Waals surface area contributed by atoms with Crippen molar-refractivity contribution >= 4 is 15.9 Å². The predicted molar refractivity (Wildman–Crippen MR) is 71.8 cm³/mol. The highest BCUT2D eigenvalue weighted by atomic mass is 79.9. The van der Waals surface area contributed by atoms with Gasteiger partial charge >= 0.3 is 4.45 Å². The minimum Gasteiger partial charge on any atom is -0.491 e. The Labute approximate surface area is 118 Å². The molecule has 0 saturated heterocycles. The van der Waals surface area contributed by atoms with Gasteiger partial charge in [-0.05, 0) is 12.1 Å². The van der Waals surface area contributed by atoms with Crippen molar-refractivity contribution in [2.24, 2.45) is 0 Å². The van der Waals surface area contributed by atoms with Crippen LogP contribution >= 0.6 is 15.9 Å². The Bertz CT molecular complexity index is 357. The average molecular weight is 338 g/mol. The van der Waals surface area contributed by atoms with Crippen LogP contribution in [-0.2, 0) is 0 Å². The van der Waals surface area contributed by atoms with Gasteiger partial charge in [-0.1, -0.05) is 18.2 Å². The van der Waals surface area contributed by atoms with E-state index in [1.165, 1.54) is 0 Å². The smallest absolute Gasteiger partial charge is 0.319 e. The fraction of sp³-hybridized carbons (Fsp3) is 0.455. The zero-order valence-corrected chi connectivity index (χ0v) is 11.7. The fourth-order valence-electron chi connectivity index (χ4n) is 0.846. The molecule has 0 aliphatic carbocycles. The molecule has 7 nitrogen and oxygen atoms in total. The highest BCUT2D eigenvalue weighted by Crippen LogP contribution is 2.16. The molecule has 0 atom stereocenters. The van der Waals surface area contributed by atoms with Gasteiger partial charge in [0, 0.05) is 20.9 Å². The zero-order valence-electron chi connectivity index (χ0n) is 10.1. The summed E-state index contributed by atoms with van der Waals surface area (Å²) in [7, 11) is 0. The van der Waals surface area contributed by atoms with Crippen molar-refractivity contribution in [3.63, 3.8) is 0 Å². The van der Waals surface area contributed by atoms with Crippen molar-refractivity contribution in [2.75, 3.05) is 26.4 Å². The van der Waals surface area contributed by atoms with Crippen molar-refractivity contribution in [3.05, 3.63) is 40.4 Å². The van der Waals surface area contributed by atoms with Crippen molar-refractivity contribution in [1.82, 2.24) is 0 Å². The summed E-state index contributed by atoms with van der Waals surface area (Å²) in [5.41, 5.74) is 0. The molecule has 0 aromatic heterocycles. The predicted octanol–water partition coefficient (Wildman–Crippen LogP) is 0.397. The number of ether oxygens (including phenoxy) is 1. The van der Waals surface area contributed by atoms with Crippen LogP contribution in [0.1, 0.15) is 0 Å².